The molecule has 5 nitrogen and oxygen atoms in total. The van der Waals surface area contributed by atoms with Crippen molar-refractivity contribution in [2.75, 3.05) is 24.6 Å². The molecular formula is C14H22N4OS. The smallest absolute Gasteiger partial charge is 0.195 e. The van der Waals surface area contributed by atoms with E-state index in [1.54, 1.807) is 11.3 Å². The molecule has 6 heteroatoms. The lowest BCUT2D eigenvalue weighted by Gasteiger charge is -2.26. The summed E-state index contributed by atoms with van der Waals surface area (Å²) in [4.78, 5) is 8.12. The zero-order valence-electron chi connectivity index (χ0n) is 12.0. The fourth-order valence-corrected chi connectivity index (χ4v) is 3.74. The van der Waals surface area contributed by atoms with Crippen LogP contribution in [-0.4, -0.2) is 40.2 Å². The zero-order valence-corrected chi connectivity index (χ0v) is 12.9. The Morgan fingerprint density at radius 3 is 3.15 bits per heavy atom. The number of hydrogen-bond acceptors (Lipinski definition) is 5. The third kappa shape index (κ3) is 2.21. The first-order chi connectivity index (χ1) is 9.76. The average Bonchev–Trinajstić information content (AvgIpc) is 3.10. The molecule has 0 amide bonds. The minimum absolute atomic E-state index is 0.194. The number of hydrogen-bond donors (Lipinski definition) is 2. The van der Waals surface area contributed by atoms with Crippen LogP contribution in [-0.2, 0) is 6.54 Å². The lowest BCUT2D eigenvalue weighted by molar-refractivity contribution is 0.244. The summed E-state index contributed by atoms with van der Waals surface area (Å²) < 4.78 is 2.17. The maximum atomic E-state index is 9.67. The van der Waals surface area contributed by atoms with Gasteiger partial charge in [0.05, 0.1) is 18.3 Å². The molecule has 0 radical (unpaired) electrons. The lowest BCUT2D eigenvalue weighted by atomic mass is 10.0. The van der Waals surface area contributed by atoms with Crippen LogP contribution < -0.4 is 10.2 Å². The van der Waals surface area contributed by atoms with Gasteiger partial charge in [0.1, 0.15) is 0 Å². The van der Waals surface area contributed by atoms with Crippen LogP contribution in [0.1, 0.15) is 26.0 Å². The average molecular weight is 294 g/mol. The largest absolute Gasteiger partial charge is 0.394 e. The Bertz CT molecular complexity index is 579. The molecule has 1 fully saturated rings. The molecule has 2 aromatic rings. The summed E-state index contributed by atoms with van der Waals surface area (Å²) in [7, 11) is 0. The first-order valence-electron chi connectivity index (χ1n) is 7.28. The molecule has 0 spiro atoms. The second kappa shape index (κ2) is 5.71. The van der Waals surface area contributed by atoms with Crippen LogP contribution in [0.25, 0.3) is 4.96 Å². The summed E-state index contributed by atoms with van der Waals surface area (Å²) in [6.07, 6.45) is 3.20. The third-order valence-corrected chi connectivity index (χ3v) is 4.98. The third-order valence-electron chi connectivity index (χ3n) is 4.22. The number of aliphatic hydroxyl groups excluding tert-OH is 1. The highest BCUT2D eigenvalue weighted by Gasteiger charge is 2.33. The van der Waals surface area contributed by atoms with Crippen LogP contribution in [0.15, 0.2) is 11.6 Å². The highest BCUT2D eigenvalue weighted by molar-refractivity contribution is 7.15. The summed E-state index contributed by atoms with van der Waals surface area (Å²) in [6, 6.07) is 0.194. The predicted molar refractivity (Wildman–Crippen MR) is 82.5 cm³/mol. The van der Waals surface area contributed by atoms with Crippen LogP contribution in [0, 0.1) is 5.92 Å². The number of imidazole rings is 1. The van der Waals surface area contributed by atoms with E-state index in [9.17, 15) is 5.11 Å². The number of anilines is 1. The summed E-state index contributed by atoms with van der Waals surface area (Å²) in [5.41, 5.74) is 1.20. The quantitative estimate of drug-likeness (QED) is 0.881. The Hall–Kier alpha value is -1.11. The standard InChI is InChI=1S/C14H22N4OS/c1-3-15-8-11-13(16-14-18(11)6-7-20-14)17-5-4-10(2)12(17)9-19/h6-7,10,12,15,19H,3-5,8-9H2,1-2H3. The summed E-state index contributed by atoms with van der Waals surface area (Å²) in [5.74, 6) is 1.56. The molecule has 2 unspecified atom stereocenters. The van der Waals surface area contributed by atoms with E-state index in [0.717, 1.165) is 36.8 Å². The van der Waals surface area contributed by atoms with Crippen molar-refractivity contribution >= 4 is 22.1 Å². The van der Waals surface area contributed by atoms with Gasteiger partial charge in [-0.2, -0.15) is 0 Å². The molecule has 2 aromatic heterocycles. The van der Waals surface area contributed by atoms with E-state index in [1.165, 1.54) is 5.69 Å². The molecule has 3 heterocycles. The van der Waals surface area contributed by atoms with Crippen molar-refractivity contribution < 1.29 is 5.11 Å². The monoisotopic (exact) mass is 294 g/mol. The molecule has 110 valence electrons. The molecule has 0 aliphatic carbocycles. The van der Waals surface area contributed by atoms with E-state index in [0.29, 0.717) is 5.92 Å². The lowest BCUT2D eigenvalue weighted by Crippen LogP contribution is -2.36. The van der Waals surface area contributed by atoms with Crippen molar-refractivity contribution in [1.29, 1.82) is 0 Å². The number of nitrogens with zero attached hydrogens (tertiary/aromatic N) is 3. The molecule has 20 heavy (non-hydrogen) atoms. The van der Waals surface area contributed by atoms with Gasteiger partial charge in [-0.1, -0.05) is 13.8 Å². The van der Waals surface area contributed by atoms with Crippen LogP contribution in [0.3, 0.4) is 0 Å². The maximum absolute atomic E-state index is 9.67. The Kier molecular flexibility index (Phi) is 3.96. The molecule has 1 saturated heterocycles. The summed E-state index contributed by atoms with van der Waals surface area (Å²) >= 11 is 1.66. The van der Waals surface area contributed by atoms with E-state index in [2.05, 4.69) is 40.0 Å². The van der Waals surface area contributed by atoms with Crippen molar-refractivity contribution in [3.05, 3.63) is 17.3 Å². The Morgan fingerprint density at radius 1 is 1.55 bits per heavy atom. The topological polar surface area (TPSA) is 52.8 Å². The number of rotatable bonds is 5. The predicted octanol–water partition coefficient (Wildman–Crippen LogP) is 1.71. The van der Waals surface area contributed by atoms with Crippen LogP contribution in [0.2, 0.25) is 0 Å². The number of nitrogens with one attached hydrogen (secondary N) is 1. The van der Waals surface area contributed by atoms with Crippen molar-refractivity contribution in [3.8, 4) is 0 Å². The first-order valence-corrected chi connectivity index (χ1v) is 8.16. The van der Waals surface area contributed by atoms with E-state index in [4.69, 9.17) is 4.98 Å². The minimum atomic E-state index is 0.194. The fraction of sp³-hybridized carbons (Fsp3) is 0.643. The molecule has 0 saturated carbocycles. The normalized spacial score (nSPS) is 23.1. The molecule has 2 N–H and O–H groups in total. The molecule has 3 rings (SSSR count). The molecule has 2 atom stereocenters. The Labute approximate surface area is 123 Å². The van der Waals surface area contributed by atoms with Crippen molar-refractivity contribution in [1.82, 2.24) is 14.7 Å². The zero-order chi connectivity index (χ0) is 14.1. The molecule has 0 bridgehead atoms. The van der Waals surface area contributed by atoms with Gasteiger partial charge in [0.25, 0.3) is 0 Å². The van der Waals surface area contributed by atoms with E-state index >= 15 is 0 Å². The van der Waals surface area contributed by atoms with Gasteiger partial charge < -0.3 is 15.3 Å². The maximum Gasteiger partial charge on any atom is 0.195 e. The van der Waals surface area contributed by atoms with E-state index < -0.39 is 0 Å². The second-order valence-corrected chi connectivity index (χ2v) is 6.30. The Balaban J connectivity index is 1.99. The molecule has 1 aliphatic heterocycles. The number of aliphatic hydroxyl groups is 1. The van der Waals surface area contributed by atoms with Crippen molar-refractivity contribution in [3.63, 3.8) is 0 Å². The number of fused-ring (bicyclic) bond motifs is 1. The highest BCUT2D eigenvalue weighted by atomic mass is 32.1. The SMILES string of the molecule is CCNCc1c(N2CCC(C)C2CO)nc2sccn12. The van der Waals surface area contributed by atoms with Crippen molar-refractivity contribution in [2.45, 2.75) is 32.9 Å². The van der Waals surface area contributed by atoms with Gasteiger partial charge in [0, 0.05) is 24.7 Å². The number of aromatic nitrogens is 2. The van der Waals surface area contributed by atoms with Gasteiger partial charge in [0.15, 0.2) is 10.8 Å². The fourth-order valence-electron chi connectivity index (χ4n) is 3.01. The molecule has 0 aromatic carbocycles. The van der Waals surface area contributed by atoms with Gasteiger partial charge in [-0.05, 0) is 18.9 Å². The second-order valence-electron chi connectivity index (χ2n) is 5.43. The summed E-state index contributed by atoms with van der Waals surface area (Å²) in [5, 5.41) is 15.1. The van der Waals surface area contributed by atoms with Gasteiger partial charge >= 0.3 is 0 Å². The van der Waals surface area contributed by atoms with E-state index in [-0.39, 0.29) is 12.6 Å². The number of thiazole rings is 1. The minimum Gasteiger partial charge on any atom is -0.394 e. The Morgan fingerprint density at radius 2 is 2.40 bits per heavy atom. The molecular weight excluding hydrogens is 272 g/mol. The van der Waals surface area contributed by atoms with Gasteiger partial charge in [-0.3, -0.25) is 4.40 Å². The van der Waals surface area contributed by atoms with Gasteiger partial charge in [-0.15, -0.1) is 11.3 Å². The van der Waals surface area contributed by atoms with Gasteiger partial charge in [0.2, 0.25) is 0 Å². The summed E-state index contributed by atoms with van der Waals surface area (Å²) in [6.45, 7) is 7.26. The van der Waals surface area contributed by atoms with Crippen LogP contribution >= 0.6 is 11.3 Å². The van der Waals surface area contributed by atoms with Crippen LogP contribution in [0.5, 0.6) is 0 Å². The first kappa shape index (κ1) is 13.9. The van der Waals surface area contributed by atoms with Crippen molar-refractivity contribution in [2.24, 2.45) is 5.92 Å². The highest BCUT2D eigenvalue weighted by Crippen LogP contribution is 2.32. The van der Waals surface area contributed by atoms with Gasteiger partial charge in [-0.25, -0.2) is 4.98 Å². The van der Waals surface area contributed by atoms with Crippen LogP contribution in [0.4, 0.5) is 5.82 Å². The van der Waals surface area contributed by atoms with E-state index in [1.807, 2.05) is 0 Å². The molecule has 1 aliphatic rings.